The van der Waals surface area contributed by atoms with Crippen molar-refractivity contribution in [2.75, 3.05) is 5.32 Å². The third kappa shape index (κ3) is 2.70. The molecule has 0 radical (unpaired) electrons. The highest BCUT2D eigenvalue weighted by molar-refractivity contribution is 9.10. The molecular weight excluding hydrogens is 394 g/mol. The molecule has 2 unspecified atom stereocenters. The number of carbonyl (C=O) groups excluding carboxylic acids is 1. The van der Waals surface area contributed by atoms with Crippen LogP contribution >= 0.6 is 15.9 Å². The van der Waals surface area contributed by atoms with Crippen molar-refractivity contribution in [3.05, 3.63) is 46.5 Å². The van der Waals surface area contributed by atoms with Crippen molar-refractivity contribution >= 4 is 38.6 Å². The van der Waals surface area contributed by atoms with Crippen LogP contribution in [0.1, 0.15) is 56.3 Å². The van der Waals surface area contributed by atoms with E-state index in [2.05, 4.69) is 50.2 Å². The SMILES string of the molecule is CCCC(CC)n1ncc2c(C3C(=O)Nc4ccc(Br)cc43)ncnc21. The Labute approximate surface area is 160 Å². The molecule has 6 nitrogen and oxygen atoms in total. The van der Waals surface area contributed by atoms with E-state index in [0.29, 0.717) is 11.7 Å². The van der Waals surface area contributed by atoms with Crippen molar-refractivity contribution in [2.45, 2.75) is 45.1 Å². The van der Waals surface area contributed by atoms with Gasteiger partial charge < -0.3 is 5.32 Å². The Hall–Kier alpha value is -2.28. The second-order valence-corrected chi connectivity index (χ2v) is 7.51. The molecule has 0 fully saturated rings. The lowest BCUT2D eigenvalue weighted by molar-refractivity contribution is -0.116. The van der Waals surface area contributed by atoms with Gasteiger partial charge in [0.1, 0.15) is 12.2 Å². The molecule has 134 valence electrons. The van der Waals surface area contributed by atoms with Gasteiger partial charge in [-0.15, -0.1) is 0 Å². The number of rotatable bonds is 5. The highest BCUT2D eigenvalue weighted by Crippen LogP contribution is 2.40. The number of anilines is 1. The van der Waals surface area contributed by atoms with Crippen LogP contribution in [0.2, 0.25) is 0 Å². The number of fused-ring (bicyclic) bond motifs is 2. The molecule has 3 heterocycles. The van der Waals surface area contributed by atoms with E-state index in [4.69, 9.17) is 0 Å². The van der Waals surface area contributed by atoms with Crippen LogP contribution in [0.3, 0.4) is 0 Å². The number of aromatic nitrogens is 4. The number of carbonyl (C=O) groups is 1. The van der Waals surface area contributed by atoms with Gasteiger partial charge in [-0.1, -0.05) is 36.2 Å². The van der Waals surface area contributed by atoms with Gasteiger partial charge in [0.05, 0.1) is 23.3 Å². The number of hydrogen-bond donors (Lipinski definition) is 1. The number of amides is 1. The van der Waals surface area contributed by atoms with Crippen LogP contribution in [-0.2, 0) is 4.79 Å². The summed E-state index contributed by atoms with van der Waals surface area (Å²) in [6.45, 7) is 4.33. The average molecular weight is 414 g/mol. The van der Waals surface area contributed by atoms with Gasteiger partial charge in [-0.3, -0.25) is 4.79 Å². The van der Waals surface area contributed by atoms with E-state index in [0.717, 1.165) is 46.0 Å². The maximum atomic E-state index is 12.7. The zero-order valence-corrected chi connectivity index (χ0v) is 16.3. The monoisotopic (exact) mass is 413 g/mol. The number of nitrogens with one attached hydrogen (secondary N) is 1. The summed E-state index contributed by atoms with van der Waals surface area (Å²) in [6.07, 6.45) is 6.46. The van der Waals surface area contributed by atoms with E-state index in [1.807, 2.05) is 22.9 Å². The molecule has 2 aromatic heterocycles. The molecule has 1 N–H and O–H groups in total. The number of benzene rings is 1. The maximum absolute atomic E-state index is 12.7. The summed E-state index contributed by atoms with van der Waals surface area (Å²) in [5.74, 6) is -0.511. The van der Waals surface area contributed by atoms with Crippen molar-refractivity contribution in [1.82, 2.24) is 19.7 Å². The molecule has 1 aliphatic rings. The molecule has 0 saturated heterocycles. The van der Waals surface area contributed by atoms with Crippen LogP contribution in [0.4, 0.5) is 5.69 Å². The molecule has 7 heteroatoms. The zero-order valence-electron chi connectivity index (χ0n) is 14.7. The molecular formula is C19H20BrN5O. The Kier molecular flexibility index (Phi) is 4.48. The summed E-state index contributed by atoms with van der Waals surface area (Å²) in [7, 11) is 0. The molecule has 0 spiro atoms. The topological polar surface area (TPSA) is 72.7 Å². The molecule has 26 heavy (non-hydrogen) atoms. The Bertz CT molecular complexity index is 983. The smallest absolute Gasteiger partial charge is 0.238 e. The molecule has 3 aromatic rings. The molecule has 0 bridgehead atoms. The average Bonchev–Trinajstić information content (AvgIpc) is 3.20. The third-order valence-corrected chi connectivity index (χ3v) is 5.47. The van der Waals surface area contributed by atoms with E-state index in [9.17, 15) is 4.79 Å². The van der Waals surface area contributed by atoms with Gasteiger partial charge in [0, 0.05) is 10.2 Å². The summed E-state index contributed by atoms with van der Waals surface area (Å²) in [4.78, 5) is 21.6. The molecule has 1 aromatic carbocycles. The first-order valence-corrected chi connectivity index (χ1v) is 9.71. The summed E-state index contributed by atoms with van der Waals surface area (Å²) in [5, 5.41) is 8.38. The van der Waals surface area contributed by atoms with Crippen molar-refractivity contribution in [3.8, 4) is 0 Å². The van der Waals surface area contributed by atoms with Crippen LogP contribution < -0.4 is 5.32 Å². The van der Waals surface area contributed by atoms with Crippen molar-refractivity contribution in [3.63, 3.8) is 0 Å². The first-order chi connectivity index (χ1) is 12.6. The molecule has 0 aliphatic carbocycles. The fraction of sp³-hybridized carbons (Fsp3) is 0.368. The first kappa shape index (κ1) is 17.1. The summed E-state index contributed by atoms with van der Waals surface area (Å²) in [5.41, 5.74) is 3.27. The minimum Gasteiger partial charge on any atom is -0.325 e. The second kappa shape index (κ2) is 6.79. The van der Waals surface area contributed by atoms with Gasteiger partial charge in [-0.05, 0) is 36.6 Å². The second-order valence-electron chi connectivity index (χ2n) is 6.59. The molecule has 1 amide bonds. The predicted molar refractivity (Wildman–Crippen MR) is 104 cm³/mol. The third-order valence-electron chi connectivity index (χ3n) is 4.98. The number of halogens is 1. The van der Waals surface area contributed by atoms with Crippen LogP contribution in [0.25, 0.3) is 11.0 Å². The minimum atomic E-state index is -0.447. The van der Waals surface area contributed by atoms with E-state index in [-0.39, 0.29) is 5.91 Å². The van der Waals surface area contributed by atoms with Crippen molar-refractivity contribution in [1.29, 1.82) is 0 Å². The highest BCUT2D eigenvalue weighted by Gasteiger charge is 2.35. The minimum absolute atomic E-state index is 0.0635. The Morgan fingerprint density at radius 2 is 2.15 bits per heavy atom. The molecule has 4 rings (SSSR count). The quantitative estimate of drug-likeness (QED) is 0.671. The number of hydrogen-bond acceptors (Lipinski definition) is 4. The van der Waals surface area contributed by atoms with Crippen LogP contribution in [0.15, 0.2) is 35.2 Å². The van der Waals surface area contributed by atoms with E-state index < -0.39 is 5.92 Å². The fourth-order valence-electron chi connectivity index (χ4n) is 3.71. The highest BCUT2D eigenvalue weighted by atomic mass is 79.9. The fourth-order valence-corrected chi connectivity index (χ4v) is 4.09. The van der Waals surface area contributed by atoms with Gasteiger partial charge in [0.15, 0.2) is 5.65 Å². The van der Waals surface area contributed by atoms with Crippen molar-refractivity contribution < 1.29 is 4.79 Å². The van der Waals surface area contributed by atoms with Crippen molar-refractivity contribution in [2.24, 2.45) is 0 Å². The van der Waals surface area contributed by atoms with Gasteiger partial charge in [-0.25, -0.2) is 14.6 Å². The molecule has 2 atom stereocenters. The lowest BCUT2D eigenvalue weighted by Gasteiger charge is -2.15. The summed E-state index contributed by atoms with van der Waals surface area (Å²) >= 11 is 3.50. The maximum Gasteiger partial charge on any atom is 0.238 e. The first-order valence-electron chi connectivity index (χ1n) is 8.92. The van der Waals surface area contributed by atoms with Crippen LogP contribution in [0.5, 0.6) is 0 Å². The van der Waals surface area contributed by atoms with Gasteiger partial charge in [0.25, 0.3) is 0 Å². The normalized spacial score (nSPS) is 17.3. The Morgan fingerprint density at radius 3 is 2.92 bits per heavy atom. The van der Waals surface area contributed by atoms with Gasteiger partial charge >= 0.3 is 0 Å². The van der Waals surface area contributed by atoms with Crippen LogP contribution in [0, 0.1) is 0 Å². The predicted octanol–water partition coefficient (Wildman–Crippen LogP) is 4.42. The van der Waals surface area contributed by atoms with Gasteiger partial charge in [0.2, 0.25) is 5.91 Å². The Balaban J connectivity index is 1.85. The lowest BCUT2D eigenvalue weighted by Crippen LogP contribution is -2.15. The Morgan fingerprint density at radius 1 is 1.31 bits per heavy atom. The lowest BCUT2D eigenvalue weighted by atomic mass is 9.95. The van der Waals surface area contributed by atoms with Crippen LogP contribution in [-0.4, -0.2) is 25.7 Å². The molecule has 1 aliphatic heterocycles. The molecule has 0 saturated carbocycles. The number of nitrogens with zero attached hydrogens (tertiary/aromatic N) is 4. The zero-order chi connectivity index (χ0) is 18.3. The van der Waals surface area contributed by atoms with E-state index in [1.54, 1.807) is 6.20 Å². The van der Waals surface area contributed by atoms with E-state index in [1.165, 1.54) is 6.33 Å². The van der Waals surface area contributed by atoms with Gasteiger partial charge in [-0.2, -0.15) is 5.10 Å². The van der Waals surface area contributed by atoms with E-state index >= 15 is 0 Å². The largest absolute Gasteiger partial charge is 0.325 e. The summed E-state index contributed by atoms with van der Waals surface area (Å²) < 4.78 is 2.92. The standard InChI is InChI=1S/C19H20BrN5O/c1-3-5-12(4-2)25-18-14(9-23-25)17(21-10-22-18)16-13-8-11(20)6-7-15(13)24-19(16)26/h6-10,12,16H,3-5H2,1-2H3,(H,24,26). The summed E-state index contributed by atoms with van der Waals surface area (Å²) in [6, 6.07) is 6.11.